The molecule has 1 N–H and O–H groups in total. The molecule has 0 bridgehead atoms. The van der Waals surface area contributed by atoms with Gasteiger partial charge in [0.2, 0.25) is 0 Å². The van der Waals surface area contributed by atoms with E-state index in [1.807, 2.05) is 6.07 Å². The van der Waals surface area contributed by atoms with Crippen molar-refractivity contribution in [3.05, 3.63) is 24.2 Å². The number of nitrogens with zero attached hydrogens (tertiary/aromatic N) is 1. The van der Waals surface area contributed by atoms with Crippen LogP contribution in [0, 0.1) is 0 Å². The summed E-state index contributed by atoms with van der Waals surface area (Å²) in [4.78, 5) is 2.53. The van der Waals surface area contributed by atoms with E-state index in [-0.39, 0.29) is 0 Å². The third-order valence-electron chi connectivity index (χ3n) is 3.00. The zero-order valence-electron chi connectivity index (χ0n) is 9.41. The Balaban J connectivity index is 1.93. The Bertz CT molecular complexity index is 265. The van der Waals surface area contributed by atoms with Gasteiger partial charge in [0.25, 0.3) is 0 Å². The van der Waals surface area contributed by atoms with E-state index in [1.54, 1.807) is 6.26 Å². The average molecular weight is 208 g/mol. The molecule has 15 heavy (non-hydrogen) atoms. The van der Waals surface area contributed by atoms with Crippen molar-refractivity contribution in [1.29, 1.82) is 0 Å². The molecule has 0 spiro atoms. The average Bonchev–Trinajstić information content (AvgIpc) is 2.89. The minimum absolute atomic E-state index is 0.690. The fraction of sp³-hybridized carbons (Fsp3) is 0.667. The molecule has 3 nitrogen and oxygen atoms in total. The second-order valence-corrected chi connectivity index (χ2v) is 4.20. The van der Waals surface area contributed by atoms with Gasteiger partial charge in [-0.1, -0.05) is 6.92 Å². The molecule has 1 aliphatic heterocycles. The molecule has 0 saturated carbocycles. The van der Waals surface area contributed by atoms with Crippen LogP contribution in [0.2, 0.25) is 0 Å². The minimum atomic E-state index is 0.690. The SMILES string of the molecule is CCCN(Cc1ccco1)C1CCNC1. The van der Waals surface area contributed by atoms with E-state index in [0.29, 0.717) is 6.04 Å². The van der Waals surface area contributed by atoms with Crippen LogP contribution in [0.4, 0.5) is 0 Å². The van der Waals surface area contributed by atoms with E-state index < -0.39 is 0 Å². The minimum Gasteiger partial charge on any atom is -0.468 e. The van der Waals surface area contributed by atoms with Crippen molar-refractivity contribution in [2.24, 2.45) is 0 Å². The number of hydrogen-bond acceptors (Lipinski definition) is 3. The predicted molar refractivity (Wildman–Crippen MR) is 60.7 cm³/mol. The molecule has 0 aliphatic carbocycles. The van der Waals surface area contributed by atoms with Crippen LogP contribution in [0.5, 0.6) is 0 Å². The first-order chi connectivity index (χ1) is 7.40. The Kier molecular flexibility index (Phi) is 3.80. The van der Waals surface area contributed by atoms with E-state index >= 15 is 0 Å². The van der Waals surface area contributed by atoms with Gasteiger partial charge in [-0.25, -0.2) is 0 Å². The van der Waals surface area contributed by atoms with Crippen molar-refractivity contribution in [3.8, 4) is 0 Å². The largest absolute Gasteiger partial charge is 0.468 e. The molecule has 0 amide bonds. The summed E-state index contributed by atoms with van der Waals surface area (Å²) in [7, 11) is 0. The number of hydrogen-bond donors (Lipinski definition) is 1. The Labute approximate surface area is 91.4 Å². The summed E-state index contributed by atoms with van der Waals surface area (Å²) in [6, 6.07) is 4.72. The third kappa shape index (κ3) is 2.83. The second kappa shape index (κ2) is 5.33. The quantitative estimate of drug-likeness (QED) is 0.800. The van der Waals surface area contributed by atoms with E-state index in [2.05, 4.69) is 23.2 Å². The van der Waals surface area contributed by atoms with Gasteiger partial charge in [-0.3, -0.25) is 4.90 Å². The smallest absolute Gasteiger partial charge is 0.117 e. The zero-order valence-corrected chi connectivity index (χ0v) is 9.41. The number of nitrogens with one attached hydrogen (secondary N) is 1. The van der Waals surface area contributed by atoms with Gasteiger partial charge in [0, 0.05) is 12.6 Å². The van der Waals surface area contributed by atoms with Crippen molar-refractivity contribution < 1.29 is 4.42 Å². The molecule has 1 aromatic rings. The van der Waals surface area contributed by atoms with Crippen LogP contribution < -0.4 is 5.32 Å². The molecule has 1 fully saturated rings. The van der Waals surface area contributed by atoms with Crippen molar-refractivity contribution in [2.45, 2.75) is 32.4 Å². The molecule has 3 heteroatoms. The molecule has 0 aromatic carbocycles. The fourth-order valence-electron chi connectivity index (χ4n) is 2.23. The molecule has 2 rings (SSSR count). The molecule has 1 aromatic heterocycles. The standard InChI is InChI=1S/C12H20N2O/c1-2-7-14(11-5-6-13-9-11)10-12-4-3-8-15-12/h3-4,8,11,13H,2,5-7,9-10H2,1H3. The van der Waals surface area contributed by atoms with Gasteiger partial charge in [-0.05, 0) is 38.1 Å². The van der Waals surface area contributed by atoms with Crippen molar-refractivity contribution in [1.82, 2.24) is 10.2 Å². The van der Waals surface area contributed by atoms with E-state index in [4.69, 9.17) is 4.42 Å². The summed E-state index contributed by atoms with van der Waals surface area (Å²) in [5.74, 6) is 1.08. The summed E-state index contributed by atoms with van der Waals surface area (Å²) in [6.45, 7) is 6.63. The van der Waals surface area contributed by atoms with Crippen molar-refractivity contribution >= 4 is 0 Å². The van der Waals surface area contributed by atoms with Crippen LogP contribution in [0.15, 0.2) is 22.8 Å². The van der Waals surface area contributed by atoms with E-state index in [1.165, 1.54) is 12.8 Å². The summed E-state index contributed by atoms with van der Waals surface area (Å²) in [5, 5.41) is 3.42. The number of furan rings is 1. The Morgan fingerprint density at radius 1 is 1.60 bits per heavy atom. The summed E-state index contributed by atoms with van der Waals surface area (Å²) >= 11 is 0. The normalized spacial score (nSPS) is 21.3. The van der Waals surface area contributed by atoms with Crippen LogP contribution in [0.1, 0.15) is 25.5 Å². The van der Waals surface area contributed by atoms with Crippen molar-refractivity contribution in [3.63, 3.8) is 0 Å². The monoisotopic (exact) mass is 208 g/mol. The molecular weight excluding hydrogens is 188 g/mol. The zero-order chi connectivity index (χ0) is 10.5. The molecule has 1 unspecified atom stereocenters. The fourth-order valence-corrected chi connectivity index (χ4v) is 2.23. The maximum atomic E-state index is 5.41. The lowest BCUT2D eigenvalue weighted by Crippen LogP contribution is -2.36. The molecular formula is C12H20N2O. The van der Waals surface area contributed by atoms with Gasteiger partial charge in [0.15, 0.2) is 0 Å². The van der Waals surface area contributed by atoms with Gasteiger partial charge < -0.3 is 9.73 Å². The molecule has 2 heterocycles. The highest BCUT2D eigenvalue weighted by atomic mass is 16.3. The van der Waals surface area contributed by atoms with Gasteiger partial charge in [0.1, 0.15) is 5.76 Å². The molecule has 1 atom stereocenters. The first-order valence-electron chi connectivity index (χ1n) is 5.87. The van der Waals surface area contributed by atoms with Gasteiger partial charge in [-0.2, -0.15) is 0 Å². The Hall–Kier alpha value is -0.800. The van der Waals surface area contributed by atoms with E-state index in [9.17, 15) is 0 Å². The van der Waals surface area contributed by atoms with Crippen LogP contribution in [-0.2, 0) is 6.54 Å². The lowest BCUT2D eigenvalue weighted by Gasteiger charge is -2.26. The topological polar surface area (TPSA) is 28.4 Å². The first-order valence-corrected chi connectivity index (χ1v) is 5.87. The van der Waals surface area contributed by atoms with Gasteiger partial charge >= 0.3 is 0 Å². The van der Waals surface area contributed by atoms with Crippen LogP contribution in [0.25, 0.3) is 0 Å². The molecule has 1 saturated heterocycles. The molecule has 0 radical (unpaired) electrons. The predicted octanol–water partition coefficient (Wildman–Crippen LogP) is 1.85. The highest BCUT2D eigenvalue weighted by Gasteiger charge is 2.22. The lowest BCUT2D eigenvalue weighted by atomic mass is 10.2. The third-order valence-corrected chi connectivity index (χ3v) is 3.00. The van der Waals surface area contributed by atoms with Gasteiger partial charge in [0.05, 0.1) is 12.8 Å². The second-order valence-electron chi connectivity index (χ2n) is 4.20. The summed E-state index contributed by atoms with van der Waals surface area (Å²) in [5.41, 5.74) is 0. The molecule has 1 aliphatic rings. The molecule has 84 valence electrons. The van der Waals surface area contributed by atoms with Crippen LogP contribution in [-0.4, -0.2) is 30.6 Å². The Morgan fingerprint density at radius 2 is 2.53 bits per heavy atom. The lowest BCUT2D eigenvalue weighted by molar-refractivity contribution is 0.184. The number of rotatable bonds is 5. The first kappa shape index (κ1) is 10.7. The Morgan fingerprint density at radius 3 is 3.13 bits per heavy atom. The van der Waals surface area contributed by atoms with Crippen LogP contribution >= 0.6 is 0 Å². The van der Waals surface area contributed by atoms with Crippen LogP contribution in [0.3, 0.4) is 0 Å². The van der Waals surface area contributed by atoms with E-state index in [0.717, 1.165) is 31.9 Å². The summed E-state index contributed by atoms with van der Waals surface area (Å²) < 4.78 is 5.41. The van der Waals surface area contributed by atoms with Crippen molar-refractivity contribution in [2.75, 3.05) is 19.6 Å². The highest BCUT2D eigenvalue weighted by molar-refractivity contribution is 4.98. The summed E-state index contributed by atoms with van der Waals surface area (Å²) in [6.07, 6.45) is 4.23. The highest BCUT2D eigenvalue weighted by Crippen LogP contribution is 2.14. The maximum Gasteiger partial charge on any atom is 0.117 e. The maximum absolute atomic E-state index is 5.41. The van der Waals surface area contributed by atoms with Gasteiger partial charge in [-0.15, -0.1) is 0 Å².